The molecule has 0 fully saturated rings. The number of hydrogen-bond donors (Lipinski definition) is 2. The van der Waals surface area contributed by atoms with Crippen LogP contribution in [0, 0.1) is 6.92 Å². The van der Waals surface area contributed by atoms with Crippen molar-refractivity contribution in [1.82, 2.24) is 10.4 Å². The number of nitrogens with one attached hydrogen (secondary N) is 2. The first-order valence-electron chi connectivity index (χ1n) is 7.40. The first kappa shape index (κ1) is 16.3. The quantitative estimate of drug-likeness (QED) is 0.518. The molecule has 2 aromatic carbocycles. The van der Waals surface area contributed by atoms with E-state index in [1.54, 1.807) is 6.21 Å². The van der Waals surface area contributed by atoms with Crippen molar-refractivity contribution in [2.24, 2.45) is 5.10 Å². The Kier molecular flexibility index (Phi) is 4.96. The van der Waals surface area contributed by atoms with E-state index in [4.69, 9.17) is 4.74 Å². The standard InChI is InChI=1S/C18H16BrN3O2/c1-12-3-2-4-15(7-12)24-11-18(23)22-21-10-13-9-20-17-6-5-14(19)8-16(13)17/h2-10,20H,11H2,1H3,(H,22,23)/b21-10+. The number of ether oxygens (including phenoxy) is 1. The summed E-state index contributed by atoms with van der Waals surface area (Å²) in [5.74, 6) is 0.351. The van der Waals surface area contributed by atoms with Gasteiger partial charge in [0.25, 0.3) is 5.91 Å². The van der Waals surface area contributed by atoms with Crippen molar-refractivity contribution in [2.75, 3.05) is 6.61 Å². The zero-order chi connectivity index (χ0) is 16.9. The molecule has 5 nitrogen and oxygen atoms in total. The lowest BCUT2D eigenvalue weighted by molar-refractivity contribution is -0.123. The predicted octanol–water partition coefficient (Wildman–Crippen LogP) is 3.77. The molecule has 2 N–H and O–H groups in total. The molecule has 1 heterocycles. The summed E-state index contributed by atoms with van der Waals surface area (Å²) in [5, 5.41) is 5.01. The van der Waals surface area contributed by atoms with Gasteiger partial charge in [-0.05, 0) is 42.8 Å². The van der Waals surface area contributed by atoms with Crippen LogP contribution in [-0.2, 0) is 4.79 Å². The zero-order valence-electron chi connectivity index (χ0n) is 13.0. The monoisotopic (exact) mass is 385 g/mol. The Bertz CT molecular complexity index is 902. The maximum absolute atomic E-state index is 11.8. The van der Waals surface area contributed by atoms with E-state index in [1.807, 2.05) is 55.6 Å². The highest BCUT2D eigenvalue weighted by Crippen LogP contribution is 2.21. The Hall–Kier alpha value is -2.60. The fourth-order valence-electron chi connectivity index (χ4n) is 2.28. The van der Waals surface area contributed by atoms with Crippen molar-refractivity contribution in [2.45, 2.75) is 6.92 Å². The molecule has 0 saturated heterocycles. The van der Waals surface area contributed by atoms with E-state index in [1.165, 1.54) is 0 Å². The molecule has 24 heavy (non-hydrogen) atoms. The van der Waals surface area contributed by atoms with Gasteiger partial charge in [0.15, 0.2) is 6.61 Å². The number of nitrogens with zero attached hydrogens (tertiary/aromatic N) is 1. The van der Waals surface area contributed by atoms with E-state index in [-0.39, 0.29) is 12.5 Å². The van der Waals surface area contributed by atoms with Crippen LogP contribution in [0.15, 0.2) is 58.2 Å². The minimum atomic E-state index is -0.311. The number of aromatic nitrogens is 1. The number of halogens is 1. The van der Waals surface area contributed by atoms with E-state index in [0.29, 0.717) is 5.75 Å². The number of fused-ring (bicyclic) bond motifs is 1. The fraction of sp³-hybridized carbons (Fsp3) is 0.111. The Morgan fingerprint density at radius 2 is 2.21 bits per heavy atom. The first-order valence-corrected chi connectivity index (χ1v) is 8.19. The third kappa shape index (κ3) is 4.02. The van der Waals surface area contributed by atoms with Gasteiger partial charge >= 0.3 is 0 Å². The number of carbonyl (C=O) groups is 1. The van der Waals surface area contributed by atoms with Gasteiger partial charge in [-0.3, -0.25) is 4.79 Å². The maximum Gasteiger partial charge on any atom is 0.277 e. The number of hydrazone groups is 1. The molecule has 1 aromatic heterocycles. The van der Waals surface area contributed by atoms with Crippen LogP contribution >= 0.6 is 15.9 Å². The normalized spacial score (nSPS) is 11.1. The number of aryl methyl sites for hydroxylation is 1. The van der Waals surface area contributed by atoms with Crippen molar-refractivity contribution in [3.8, 4) is 5.75 Å². The average Bonchev–Trinajstić information content (AvgIpc) is 2.95. The van der Waals surface area contributed by atoms with Gasteiger partial charge < -0.3 is 9.72 Å². The zero-order valence-corrected chi connectivity index (χ0v) is 14.6. The minimum Gasteiger partial charge on any atom is -0.484 e. The summed E-state index contributed by atoms with van der Waals surface area (Å²) < 4.78 is 6.41. The van der Waals surface area contributed by atoms with Crippen LogP contribution in [0.3, 0.4) is 0 Å². The highest BCUT2D eigenvalue weighted by molar-refractivity contribution is 9.10. The molecule has 0 bridgehead atoms. The van der Waals surface area contributed by atoms with Gasteiger partial charge in [0, 0.05) is 27.1 Å². The van der Waals surface area contributed by atoms with Gasteiger partial charge in [0.1, 0.15) is 5.75 Å². The molecule has 3 aromatic rings. The van der Waals surface area contributed by atoms with Crippen LogP contribution in [0.2, 0.25) is 0 Å². The average molecular weight is 386 g/mol. The predicted molar refractivity (Wildman–Crippen MR) is 98.4 cm³/mol. The second-order valence-corrected chi connectivity index (χ2v) is 6.25. The molecule has 0 unspecified atom stereocenters. The SMILES string of the molecule is Cc1cccc(OCC(=O)N/N=C/c2c[nH]c3ccc(Br)cc23)c1. The van der Waals surface area contributed by atoms with E-state index in [2.05, 4.69) is 31.4 Å². The summed E-state index contributed by atoms with van der Waals surface area (Å²) in [6.07, 6.45) is 3.45. The number of amides is 1. The summed E-state index contributed by atoms with van der Waals surface area (Å²) in [6, 6.07) is 13.5. The molecule has 0 aliphatic rings. The second-order valence-electron chi connectivity index (χ2n) is 5.33. The Morgan fingerprint density at radius 1 is 1.33 bits per heavy atom. The summed E-state index contributed by atoms with van der Waals surface area (Å²) in [7, 11) is 0. The topological polar surface area (TPSA) is 66.5 Å². The molecule has 0 radical (unpaired) electrons. The number of aromatic amines is 1. The largest absolute Gasteiger partial charge is 0.484 e. The van der Waals surface area contributed by atoms with Gasteiger partial charge in [-0.25, -0.2) is 5.43 Å². The van der Waals surface area contributed by atoms with E-state index < -0.39 is 0 Å². The van der Waals surface area contributed by atoms with Gasteiger partial charge in [-0.2, -0.15) is 5.10 Å². The Labute approximate surface area is 147 Å². The van der Waals surface area contributed by atoms with Crippen molar-refractivity contribution in [1.29, 1.82) is 0 Å². The highest BCUT2D eigenvalue weighted by Gasteiger charge is 2.04. The third-order valence-electron chi connectivity index (χ3n) is 3.43. The maximum atomic E-state index is 11.8. The van der Waals surface area contributed by atoms with E-state index in [0.717, 1.165) is 26.5 Å². The van der Waals surface area contributed by atoms with Gasteiger partial charge in [-0.15, -0.1) is 0 Å². The Morgan fingerprint density at radius 3 is 3.04 bits per heavy atom. The molecule has 122 valence electrons. The van der Waals surface area contributed by atoms with E-state index >= 15 is 0 Å². The molecule has 0 atom stereocenters. The smallest absolute Gasteiger partial charge is 0.277 e. The summed E-state index contributed by atoms with van der Waals surface area (Å²) in [6.45, 7) is 1.89. The molecule has 0 aliphatic heterocycles. The molecular formula is C18H16BrN3O2. The van der Waals surface area contributed by atoms with Crippen LogP contribution < -0.4 is 10.2 Å². The van der Waals surface area contributed by atoms with E-state index in [9.17, 15) is 4.79 Å². The van der Waals surface area contributed by atoms with Crippen molar-refractivity contribution in [3.05, 3.63) is 64.3 Å². The van der Waals surface area contributed by atoms with Crippen LogP contribution in [0.4, 0.5) is 0 Å². The van der Waals surface area contributed by atoms with Gasteiger partial charge in [-0.1, -0.05) is 28.1 Å². The third-order valence-corrected chi connectivity index (χ3v) is 3.92. The van der Waals surface area contributed by atoms with Gasteiger partial charge in [0.2, 0.25) is 0 Å². The molecule has 3 rings (SSSR count). The second kappa shape index (κ2) is 7.31. The summed E-state index contributed by atoms with van der Waals surface area (Å²) >= 11 is 3.45. The van der Waals surface area contributed by atoms with Gasteiger partial charge in [0.05, 0.1) is 6.21 Å². The van der Waals surface area contributed by atoms with Crippen molar-refractivity contribution in [3.63, 3.8) is 0 Å². The highest BCUT2D eigenvalue weighted by atomic mass is 79.9. The lowest BCUT2D eigenvalue weighted by atomic mass is 10.2. The molecule has 1 amide bonds. The van der Waals surface area contributed by atoms with Crippen molar-refractivity contribution >= 4 is 39.0 Å². The number of hydrogen-bond acceptors (Lipinski definition) is 3. The number of benzene rings is 2. The van der Waals surface area contributed by atoms with Crippen molar-refractivity contribution < 1.29 is 9.53 Å². The summed E-state index contributed by atoms with van der Waals surface area (Å²) in [4.78, 5) is 14.9. The molecule has 0 aliphatic carbocycles. The van der Waals surface area contributed by atoms with Crippen LogP contribution in [0.1, 0.15) is 11.1 Å². The first-order chi connectivity index (χ1) is 11.6. The summed E-state index contributed by atoms with van der Waals surface area (Å²) in [5.41, 5.74) is 5.45. The molecule has 0 spiro atoms. The molecule has 0 saturated carbocycles. The lowest BCUT2D eigenvalue weighted by Gasteiger charge is -2.05. The van der Waals surface area contributed by atoms with Crippen LogP contribution in [0.5, 0.6) is 5.75 Å². The fourth-order valence-corrected chi connectivity index (χ4v) is 2.64. The number of rotatable bonds is 5. The minimum absolute atomic E-state index is 0.0831. The molecule has 6 heteroatoms. The molecular weight excluding hydrogens is 370 g/mol. The van der Waals surface area contributed by atoms with Crippen LogP contribution in [-0.4, -0.2) is 23.7 Å². The van der Waals surface area contributed by atoms with Crippen LogP contribution in [0.25, 0.3) is 10.9 Å². The number of H-pyrrole nitrogens is 1. The Balaban J connectivity index is 1.57. The lowest BCUT2D eigenvalue weighted by Crippen LogP contribution is -2.24. The number of carbonyl (C=O) groups excluding carboxylic acids is 1.